The van der Waals surface area contributed by atoms with Crippen LogP contribution >= 0.6 is 11.6 Å². The zero-order valence-electron chi connectivity index (χ0n) is 14.2. The van der Waals surface area contributed by atoms with Gasteiger partial charge in [0.1, 0.15) is 12.7 Å². The second kappa shape index (κ2) is 10.1. The van der Waals surface area contributed by atoms with E-state index in [1.165, 1.54) is 0 Å². The first-order valence-corrected chi connectivity index (χ1v) is 8.71. The number of benzene rings is 2. The van der Waals surface area contributed by atoms with E-state index in [4.69, 9.17) is 26.6 Å². The van der Waals surface area contributed by atoms with Crippen molar-refractivity contribution in [2.24, 2.45) is 0 Å². The molecule has 0 saturated carbocycles. The molecule has 0 bridgehead atoms. The monoisotopic (exact) mass is 376 g/mol. The average molecular weight is 377 g/mol. The number of rotatable bonds is 9. The van der Waals surface area contributed by atoms with Crippen LogP contribution in [0.15, 0.2) is 48.5 Å². The molecule has 0 spiro atoms. The lowest BCUT2D eigenvalue weighted by atomic mass is 9.99. The molecule has 0 radical (unpaired) electrons. The van der Waals surface area contributed by atoms with E-state index >= 15 is 0 Å². The number of aliphatic hydroxyl groups excluding tert-OH is 2. The first-order valence-electron chi connectivity index (χ1n) is 8.33. The van der Waals surface area contributed by atoms with Gasteiger partial charge in [0.25, 0.3) is 0 Å². The maximum absolute atomic E-state index is 12.5. The Kier molecular flexibility index (Phi) is 7.78. The first-order chi connectivity index (χ1) is 12.5. The molecule has 0 aliphatic carbocycles. The molecule has 2 aromatic carbocycles. The molecule has 0 aliphatic heterocycles. The number of hydrogen-bond acceptors (Lipinski definition) is 5. The highest BCUT2D eigenvalue weighted by atomic mass is 35.5. The quantitative estimate of drug-likeness (QED) is 0.519. The second-order valence-corrected chi connectivity index (χ2v) is 6.35. The minimum atomic E-state index is -1.05. The SMILES string of the molecule is O=C(CCCc1cccc(C(=O)c2ccc(Cl)cc2)c1)OCC(O)CO. The molecule has 2 rings (SSSR count). The Morgan fingerprint density at radius 2 is 1.81 bits per heavy atom. The Morgan fingerprint density at radius 3 is 2.50 bits per heavy atom. The lowest BCUT2D eigenvalue weighted by Gasteiger charge is -2.08. The van der Waals surface area contributed by atoms with E-state index in [1.54, 1.807) is 30.3 Å². The van der Waals surface area contributed by atoms with Crippen LogP contribution in [-0.4, -0.2) is 41.3 Å². The fraction of sp³-hybridized carbons (Fsp3) is 0.300. The van der Waals surface area contributed by atoms with Gasteiger partial charge >= 0.3 is 5.97 Å². The third kappa shape index (κ3) is 6.26. The van der Waals surface area contributed by atoms with Crippen molar-refractivity contribution < 1.29 is 24.5 Å². The van der Waals surface area contributed by atoms with Crippen molar-refractivity contribution in [3.8, 4) is 0 Å². The molecule has 26 heavy (non-hydrogen) atoms. The van der Waals surface area contributed by atoms with Gasteiger partial charge in [0.2, 0.25) is 0 Å². The summed E-state index contributed by atoms with van der Waals surface area (Å²) >= 11 is 5.84. The molecule has 138 valence electrons. The van der Waals surface area contributed by atoms with Crippen LogP contribution in [0.2, 0.25) is 5.02 Å². The van der Waals surface area contributed by atoms with Gasteiger partial charge in [0.05, 0.1) is 6.61 Å². The smallest absolute Gasteiger partial charge is 0.305 e. The van der Waals surface area contributed by atoms with Gasteiger partial charge in [-0.05, 0) is 48.7 Å². The highest BCUT2D eigenvalue weighted by Crippen LogP contribution is 2.16. The number of esters is 1. The van der Waals surface area contributed by atoms with Gasteiger partial charge in [-0.2, -0.15) is 0 Å². The van der Waals surface area contributed by atoms with E-state index in [2.05, 4.69) is 0 Å². The lowest BCUT2D eigenvalue weighted by Crippen LogP contribution is -2.21. The van der Waals surface area contributed by atoms with Crippen LogP contribution in [0, 0.1) is 0 Å². The Hall–Kier alpha value is -2.21. The van der Waals surface area contributed by atoms with Crippen molar-refractivity contribution in [2.75, 3.05) is 13.2 Å². The fourth-order valence-corrected chi connectivity index (χ4v) is 2.51. The van der Waals surface area contributed by atoms with Crippen molar-refractivity contribution in [3.05, 3.63) is 70.2 Å². The summed E-state index contributed by atoms with van der Waals surface area (Å²) in [5.74, 6) is -0.508. The molecular formula is C20H21ClO5. The number of ether oxygens (including phenoxy) is 1. The van der Waals surface area contributed by atoms with Crippen molar-refractivity contribution in [3.63, 3.8) is 0 Å². The van der Waals surface area contributed by atoms with Crippen LogP contribution in [0.3, 0.4) is 0 Å². The molecule has 0 heterocycles. The predicted octanol–water partition coefficient (Wildman–Crippen LogP) is 2.79. The Morgan fingerprint density at radius 1 is 1.08 bits per heavy atom. The number of aliphatic hydroxyl groups is 2. The summed E-state index contributed by atoms with van der Waals surface area (Å²) in [6.45, 7) is -0.651. The van der Waals surface area contributed by atoms with Gasteiger partial charge in [-0.25, -0.2) is 0 Å². The molecule has 0 aliphatic rings. The zero-order valence-corrected chi connectivity index (χ0v) is 15.0. The fourth-order valence-electron chi connectivity index (χ4n) is 2.39. The summed E-state index contributed by atoms with van der Waals surface area (Å²) in [5, 5.41) is 18.4. The normalized spacial score (nSPS) is 11.8. The molecule has 0 saturated heterocycles. The molecule has 1 atom stereocenters. The van der Waals surface area contributed by atoms with E-state index < -0.39 is 18.7 Å². The average Bonchev–Trinajstić information content (AvgIpc) is 2.66. The topological polar surface area (TPSA) is 83.8 Å². The van der Waals surface area contributed by atoms with E-state index in [1.807, 2.05) is 18.2 Å². The molecule has 0 aromatic heterocycles. The summed E-state index contributed by atoms with van der Waals surface area (Å²) in [7, 11) is 0. The van der Waals surface area contributed by atoms with E-state index in [-0.39, 0.29) is 18.8 Å². The van der Waals surface area contributed by atoms with E-state index in [0.29, 0.717) is 29.0 Å². The third-order valence-corrected chi connectivity index (χ3v) is 4.04. The summed E-state index contributed by atoms with van der Waals surface area (Å²) in [4.78, 5) is 24.1. The highest BCUT2D eigenvalue weighted by molar-refractivity contribution is 6.30. The molecule has 0 amide bonds. The summed E-state index contributed by atoms with van der Waals surface area (Å²) < 4.78 is 4.85. The lowest BCUT2D eigenvalue weighted by molar-refractivity contribution is -0.147. The summed E-state index contributed by atoms with van der Waals surface area (Å²) in [6, 6.07) is 14.0. The number of ketones is 1. The summed E-state index contributed by atoms with van der Waals surface area (Å²) in [6.07, 6.45) is 0.342. The molecule has 2 N–H and O–H groups in total. The Bertz CT molecular complexity index is 742. The molecule has 6 heteroatoms. The van der Waals surface area contributed by atoms with Gasteiger partial charge in [-0.1, -0.05) is 29.8 Å². The van der Waals surface area contributed by atoms with Gasteiger partial charge in [0, 0.05) is 22.6 Å². The molecule has 5 nitrogen and oxygen atoms in total. The van der Waals surface area contributed by atoms with Crippen LogP contribution in [-0.2, 0) is 16.0 Å². The second-order valence-electron chi connectivity index (χ2n) is 5.91. The van der Waals surface area contributed by atoms with E-state index in [0.717, 1.165) is 5.56 Å². The maximum atomic E-state index is 12.5. The number of halogens is 1. The molecule has 2 aromatic rings. The number of carbonyl (C=O) groups is 2. The van der Waals surface area contributed by atoms with Gasteiger partial charge in [-0.15, -0.1) is 0 Å². The van der Waals surface area contributed by atoms with Crippen LogP contribution in [0.1, 0.15) is 34.3 Å². The predicted molar refractivity (Wildman–Crippen MR) is 98.3 cm³/mol. The number of aryl methyl sites for hydroxylation is 1. The van der Waals surface area contributed by atoms with Crippen LogP contribution in [0.25, 0.3) is 0 Å². The van der Waals surface area contributed by atoms with Gasteiger partial charge in [-0.3, -0.25) is 9.59 Å². The van der Waals surface area contributed by atoms with Gasteiger partial charge < -0.3 is 14.9 Å². The maximum Gasteiger partial charge on any atom is 0.305 e. The summed E-state index contributed by atoms with van der Waals surface area (Å²) in [5.41, 5.74) is 2.10. The Balaban J connectivity index is 1.88. The minimum absolute atomic E-state index is 0.0825. The largest absolute Gasteiger partial charge is 0.463 e. The van der Waals surface area contributed by atoms with Crippen LogP contribution in [0.4, 0.5) is 0 Å². The zero-order chi connectivity index (χ0) is 18.9. The van der Waals surface area contributed by atoms with Crippen LogP contribution in [0.5, 0.6) is 0 Å². The molecule has 1 unspecified atom stereocenters. The molecular weight excluding hydrogens is 356 g/mol. The van der Waals surface area contributed by atoms with Crippen LogP contribution < -0.4 is 0 Å². The number of carbonyl (C=O) groups excluding carboxylic acids is 2. The van der Waals surface area contributed by atoms with E-state index in [9.17, 15) is 9.59 Å². The van der Waals surface area contributed by atoms with Crippen molar-refractivity contribution >= 4 is 23.4 Å². The first kappa shape index (κ1) is 20.1. The Labute approximate surface area is 157 Å². The van der Waals surface area contributed by atoms with Crippen molar-refractivity contribution in [1.82, 2.24) is 0 Å². The van der Waals surface area contributed by atoms with Gasteiger partial charge in [0.15, 0.2) is 5.78 Å². The minimum Gasteiger partial charge on any atom is -0.463 e. The van der Waals surface area contributed by atoms with Crippen molar-refractivity contribution in [2.45, 2.75) is 25.4 Å². The standard InChI is InChI=1S/C20H21ClO5/c21-17-9-7-15(8-10-17)20(25)16-5-1-3-14(11-16)4-2-6-19(24)26-13-18(23)12-22/h1,3,5,7-11,18,22-23H,2,4,6,12-13H2. The third-order valence-electron chi connectivity index (χ3n) is 3.79. The van der Waals surface area contributed by atoms with Crippen molar-refractivity contribution in [1.29, 1.82) is 0 Å². The molecule has 0 fully saturated rings. The number of hydrogen-bond donors (Lipinski definition) is 2. The highest BCUT2D eigenvalue weighted by Gasteiger charge is 2.11.